The molecule has 1 amide bonds. The maximum atomic E-state index is 13.6. The van der Waals surface area contributed by atoms with Gasteiger partial charge < -0.3 is 9.73 Å². The van der Waals surface area contributed by atoms with Crippen LogP contribution in [0.4, 0.5) is 11.4 Å². The van der Waals surface area contributed by atoms with E-state index in [9.17, 15) is 25.0 Å². The van der Waals surface area contributed by atoms with E-state index in [1.165, 1.54) is 28.8 Å². The number of aromatic nitrogens is 1. The van der Waals surface area contributed by atoms with Gasteiger partial charge in [0.2, 0.25) is 0 Å². The first-order valence-corrected chi connectivity index (χ1v) is 13.4. The Labute approximate surface area is 245 Å². The Morgan fingerprint density at radius 3 is 2.51 bits per heavy atom. The molecule has 0 unspecified atom stereocenters. The maximum Gasteiger partial charge on any atom is 0.287 e. The molecule has 5 aromatic rings. The van der Waals surface area contributed by atoms with Crippen LogP contribution < -0.4 is 20.1 Å². The third-order valence-corrected chi connectivity index (χ3v) is 7.43. The fourth-order valence-corrected chi connectivity index (χ4v) is 5.46. The van der Waals surface area contributed by atoms with E-state index < -0.39 is 16.4 Å². The average molecular weight is 603 g/mol. The predicted molar refractivity (Wildman–Crippen MR) is 158 cm³/mol. The molecule has 0 atom stereocenters. The van der Waals surface area contributed by atoms with Crippen LogP contribution in [-0.2, 0) is 4.79 Å². The summed E-state index contributed by atoms with van der Waals surface area (Å²) < 4.78 is 7.50. The van der Waals surface area contributed by atoms with E-state index in [1.54, 1.807) is 66.7 Å². The quantitative estimate of drug-likeness (QED) is 0.201. The molecular formula is C29H16Cl2N4O5S. The highest BCUT2D eigenvalue weighted by atomic mass is 35.5. The minimum Gasteiger partial charge on any atom is -0.457 e. The van der Waals surface area contributed by atoms with Crippen molar-refractivity contribution in [1.29, 1.82) is 5.26 Å². The molecule has 1 N–H and O–H groups in total. The summed E-state index contributed by atoms with van der Waals surface area (Å²) in [6.07, 6.45) is 1.50. The predicted octanol–water partition coefficient (Wildman–Crippen LogP) is 5.52. The zero-order chi connectivity index (χ0) is 29.1. The van der Waals surface area contributed by atoms with Crippen LogP contribution in [0.3, 0.4) is 0 Å². The lowest BCUT2D eigenvalue weighted by Crippen LogP contribution is -2.32. The Kier molecular flexibility index (Phi) is 7.85. The number of carbonyl (C=O) groups is 1. The first-order chi connectivity index (χ1) is 19.7. The molecule has 3 aromatic carbocycles. The van der Waals surface area contributed by atoms with E-state index >= 15 is 0 Å². The smallest absolute Gasteiger partial charge is 0.287 e. The van der Waals surface area contributed by atoms with Crippen LogP contribution in [0.5, 0.6) is 0 Å². The first kappa shape index (κ1) is 27.6. The normalized spacial score (nSPS) is 12.1. The van der Waals surface area contributed by atoms with E-state index in [2.05, 4.69) is 5.32 Å². The van der Waals surface area contributed by atoms with Gasteiger partial charge >= 0.3 is 0 Å². The number of nitrogens with one attached hydrogen (secondary N) is 1. The van der Waals surface area contributed by atoms with Crippen LogP contribution in [-0.4, -0.2) is 15.4 Å². The molecule has 0 saturated heterocycles. The molecule has 0 saturated carbocycles. The van der Waals surface area contributed by atoms with Crippen molar-refractivity contribution < 1.29 is 14.1 Å². The van der Waals surface area contributed by atoms with Crippen LogP contribution in [0, 0.1) is 21.4 Å². The number of nitro groups is 1. The number of nitriles is 1. The van der Waals surface area contributed by atoms with Crippen molar-refractivity contribution in [2.24, 2.45) is 0 Å². The lowest BCUT2D eigenvalue weighted by Gasteiger charge is -2.06. The summed E-state index contributed by atoms with van der Waals surface area (Å²) in [6.45, 7) is 0. The van der Waals surface area contributed by atoms with E-state index in [4.69, 9.17) is 27.6 Å². The molecule has 0 aliphatic heterocycles. The Bertz CT molecular complexity index is 2040. The van der Waals surface area contributed by atoms with Gasteiger partial charge in [0.25, 0.3) is 17.2 Å². The molecule has 0 aliphatic rings. The third kappa shape index (κ3) is 5.83. The summed E-state index contributed by atoms with van der Waals surface area (Å²) >= 11 is 13.0. The number of nitrogens with zero attached hydrogens (tertiary/aromatic N) is 3. The number of carbonyl (C=O) groups excluding carboxylic acids is 1. The lowest BCUT2D eigenvalue weighted by molar-refractivity contribution is -0.384. The van der Waals surface area contributed by atoms with Gasteiger partial charge in [0, 0.05) is 28.4 Å². The minimum absolute atomic E-state index is 0.0429. The van der Waals surface area contributed by atoms with E-state index in [1.807, 2.05) is 6.07 Å². The Balaban J connectivity index is 1.63. The molecule has 12 heteroatoms. The van der Waals surface area contributed by atoms with Gasteiger partial charge in [-0.05, 0) is 54.6 Å². The molecule has 0 radical (unpaired) electrons. The van der Waals surface area contributed by atoms with E-state index in [0.29, 0.717) is 33.5 Å². The zero-order valence-electron chi connectivity index (χ0n) is 20.7. The molecular weight excluding hydrogens is 587 g/mol. The van der Waals surface area contributed by atoms with Crippen molar-refractivity contribution in [1.82, 2.24) is 4.57 Å². The van der Waals surface area contributed by atoms with Gasteiger partial charge in [0.05, 0.1) is 15.1 Å². The van der Waals surface area contributed by atoms with Crippen LogP contribution in [0.15, 0.2) is 94.1 Å². The summed E-state index contributed by atoms with van der Waals surface area (Å²) in [5.74, 6) is -0.0255. The molecule has 0 spiro atoms. The second-order valence-electron chi connectivity index (χ2n) is 8.47. The van der Waals surface area contributed by atoms with Gasteiger partial charge in [-0.1, -0.05) is 47.5 Å². The second kappa shape index (κ2) is 11.7. The molecule has 41 heavy (non-hydrogen) atoms. The number of nitro benzene ring substituents is 1. The number of benzene rings is 3. The molecule has 0 aliphatic carbocycles. The van der Waals surface area contributed by atoms with Crippen molar-refractivity contribution in [2.45, 2.75) is 0 Å². The van der Waals surface area contributed by atoms with Crippen LogP contribution in [0.25, 0.3) is 28.7 Å². The van der Waals surface area contributed by atoms with Crippen molar-refractivity contribution in [2.75, 3.05) is 5.32 Å². The van der Waals surface area contributed by atoms with Crippen LogP contribution in [0.1, 0.15) is 5.76 Å². The third-order valence-electron chi connectivity index (χ3n) is 5.80. The first-order valence-electron chi connectivity index (χ1n) is 11.8. The SMILES string of the molecule is N#C/C(C(=O)Nc1cccc(Cl)c1)=c1/s/c(=C/c2ccc(-c3ccc([N+](=O)[O-])c(Cl)c3)o2)c(=O)n1-c1ccccc1. The molecule has 0 bridgehead atoms. The summed E-state index contributed by atoms with van der Waals surface area (Å²) in [5, 5.41) is 24.1. The fourth-order valence-electron chi connectivity index (χ4n) is 3.94. The number of hydrogen-bond donors (Lipinski definition) is 1. The van der Waals surface area contributed by atoms with Crippen molar-refractivity contribution >= 4 is 63.5 Å². The largest absolute Gasteiger partial charge is 0.457 e. The topological polar surface area (TPSA) is 131 Å². The van der Waals surface area contributed by atoms with Gasteiger partial charge in [-0.2, -0.15) is 5.26 Å². The summed E-state index contributed by atoms with van der Waals surface area (Å²) in [4.78, 5) is 37.3. The molecule has 5 rings (SSSR count). The summed E-state index contributed by atoms with van der Waals surface area (Å²) in [6, 6.07) is 24.5. The number of thiazole rings is 1. The lowest BCUT2D eigenvalue weighted by atomic mass is 10.1. The molecule has 202 valence electrons. The van der Waals surface area contributed by atoms with Gasteiger partial charge in [0.15, 0.2) is 5.57 Å². The Hall–Kier alpha value is -4.95. The van der Waals surface area contributed by atoms with E-state index in [0.717, 1.165) is 11.3 Å². The highest BCUT2D eigenvalue weighted by molar-refractivity contribution is 7.07. The Morgan fingerprint density at radius 1 is 1.05 bits per heavy atom. The monoisotopic (exact) mass is 602 g/mol. The molecule has 0 fully saturated rings. The van der Waals surface area contributed by atoms with Gasteiger partial charge in [0.1, 0.15) is 27.3 Å². The number of amides is 1. The molecule has 2 aromatic heterocycles. The van der Waals surface area contributed by atoms with Crippen molar-refractivity contribution in [3.05, 3.63) is 130 Å². The highest BCUT2D eigenvalue weighted by Crippen LogP contribution is 2.31. The fraction of sp³-hybridized carbons (Fsp3) is 0. The van der Waals surface area contributed by atoms with E-state index in [-0.39, 0.29) is 25.5 Å². The van der Waals surface area contributed by atoms with Crippen LogP contribution >= 0.6 is 34.5 Å². The number of rotatable bonds is 6. The van der Waals surface area contributed by atoms with Crippen LogP contribution in [0.2, 0.25) is 10.0 Å². The molecule has 2 heterocycles. The zero-order valence-corrected chi connectivity index (χ0v) is 23.0. The number of anilines is 1. The Morgan fingerprint density at radius 2 is 1.83 bits per heavy atom. The van der Waals surface area contributed by atoms with Gasteiger partial charge in [-0.3, -0.25) is 24.3 Å². The average Bonchev–Trinajstić information content (AvgIpc) is 3.54. The number of hydrogen-bond acceptors (Lipinski definition) is 7. The number of halogens is 2. The summed E-state index contributed by atoms with van der Waals surface area (Å²) in [7, 11) is 0. The number of furan rings is 1. The van der Waals surface area contributed by atoms with Crippen molar-refractivity contribution in [3.8, 4) is 23.1 Å². The van der Waals surface area contributed by atoms with Crippen molar-refractivity contribution in [3.63, 3.8) is 0 Å². The number of para-hydroxylation sites is 1. The van der Waals surface area contributed by atoms with Gasteiger partial charge in [-0.15, -0.1) is 11.3 Å². The minimum atomic E-state index is -0.706. The standard InChI is InChI=1S/C29H16Cl2N4O5S/c30-18-5-4-6-19(14-18)33-27(36)22(16-32)29-34(20-7-2-1-3-8-20)28(37)26(41-29)15-21-10-12-25(40-21)17-9-11-24(35(38)39)23(31)13-17/h1-15H,(H,33,36)/b26-15+,29-22-. The summed E-state index contributed by atoms with van der Waals surface area (Å²) in [5.41, 5.74) is 0.401. The highest BCUT2D eigenvalue weighted by Gasteiger charge is 2.18. The van der Waals surface area contributed by atoms with Gasteiger partial charge in [-0.25, -0.2) is 0 Å². The molecule has 9 nitrogen and oxygen atoms in total. The second-order valence-corrected chi connectivity index (χ2v) is 10.3. The maximum absolute atomic E-state index is 13.6.